The molecule has 0 saturated heterocycles. The van der Waals surface area contributed by atoms with E-state index in [4.69, 9.17) is 18.6 Å². The van der Waals surface area contributed by atoms with Gasteiger partial charge in [0.25, 0.3) is 5.22 Å². The van der Waals surface area contributed by atoms with E-state index in [-0.39, 0.29) is 23.7 Å². The van der Waals surface area contributed by atoms with E-state index >= 15 is 0 Å². The molecular weight excluding hydrogens is 466 g/mol. The summed E-state index contributed by atoms with van der Waals surface area (Å²) in [6.45, 7) is 2.38. The summed E-state index contributed by atoms with van der Waals surface area (Å²) in [6, 6.07) is 5.35. The number of amides is 1. The van der Waals surface area contributed by atoms with Crippen molar-refractivity contribution in [2.75, 3.05) is 25.0 Å². The Labute approximate surface area is 197 Å². The number of thiophene rings is 1. The summed E-state index contributed by atoms with van der Waals surface area (Å²) in [5.74, 6) is 1.54. The van der Waals surface area contributed by atoms with Crippen LogP contribution in [0.25, 0.3) is 11.5 Å². The number of aromatic nitrogens is 2. The van der Waals surface area contributed by atoms with E-state index in [2.05, 4.69) is 22.4 Å². The molecule has 2 aromatic heterocycles. The predicted octanol–water partition coefficient (Wildman–Crippen LogP) is 4.17. The highest BCUT2D eigenvalue weighted by Crippen LogP contribution is 2.40. The molecule has 0 radical (unpaired) electrons. The zero-order valence-corrected chi connectivity index (χ0v) is 19.6. The normalized spacial score (nSPS) is 16.4. The van der Waals surface area contributed by atoms with Crippen molar-refractivity contribution in [1.29, 1.82) is 0 Å². The quantitative estimate of drug-likeness (QED) is 0.404. The molecule has 3 heterocycles. The van der Waals surface area contributed by atoms with Gasteiger partial charge >= 0.3 is 5.97 Å². The number of anilines is 1. The van der Waals surface area contributed by atoms with Gasteiger partial charge in [0.1, 0.15) is 5.00 Å². The van der Waals surface area contributed by atoms with Gasteiger partial charge in [0.15, 0.2) is 11.5 Å². The van der Waals surface area contributed by atoms with Crippen molar-refractivity contribution in [3.05, 3.63) is 34.2 Å². The Morgan fingerprint density at radius 2 is 2.12 bits per heavy atom. The van der Waals surface area contributed by atoms with Gasteiger partial charge in [0.05, 0.1) is 18.4 Å². The smallest absolute Gasteiger partial charge is 0.341 e. The molecule has 0 unspecified atom stereocenters. The summed E-state index contributed by atoms with van der Waals surface area (Å²) in [6.07, 6.45) is 2.73. The fourth-order valence-corrected chi connectivity index (χ4v) is 5.84. The highest BCUT2D eigenvalue weighted by atomic mass is 32.2. The van der Waals surface area contributed by atoms with Gasteiger partial charge in [0, 0.05) is 10.4 Å². The van der Waals surface area contributed by atoms with Gasteiger partial charge in [-0.15, -0.1) is 21.5 Å². The van der Waals surface area contributed by atoms with E-state index < -0.39 is 5.97 Å². The Morgan fingerprint density at radius 1 is 1.27 bits per heavy atom. The van der Waals surface area contributed by atoms with Crippen molar-refractivity contribution in [2.24, 2.45) is 5.92 Å². The van der Waals surface area contributed by atoms with Gasteiger partial charge in [-0.05, 0) is 48.9 Å². The first kappa shape index (κ1) is 21.8. The Hall–Kier alpha value is -3.05. The van der Waals surface area contributed by atoms with Crippen molar-refractivity contribution in [3.63, 3.8) is 0 Å². The average molecular weight is 488 g/mol. The number of carbonyl (C=O) groups is 2. The minimum absolute atomic E-state index is 0.0579. The van der Waals surface area contributed by atoms with Gasteiger partial charge < -0.3 is 23.9 Å². The van der Waals surface area contributed by atoms with Crippen LogP contribution in [-0.4, -0.2) is 41.7 Å². The van der Waals surface area contributed by atoms with Crippen molar-refractivity contribution >= 4 is 40.0 Å². The van der Waals surface area contributed by atoms with Crippen LogP contribution >= 0.6 is 23.1 Å². The largest absolute Gasteiger partial charge is 0.465 e. The van der Waals surface area contributed by atoms with Crippen LogP contribution in [0.4, 0.5) is 5.00 Å². The van der Waals surface area contributed by atoms with Crippen LogP contribution in [0.2, 0.25) is 0 Å². The molecule has 0 spiro atoms. The number of methoxy groups -OCH3 is 1. The second-order valence-electron chi connectivity index (χ2n) is 7.83. The Bertz CT molecular complexity index is 1220. The number of hydrogen-bond acceptors (Lipinski definition) is 10. The third kappa shape index (κ3) is 4.42. The molecule has 11 heteroatoms. The predicted molar refractivity (Wildman–Crippen MR) is 122 cm³/mol. The van der Waals surface area contributed by atoms with Crippen LogP contribution in [-0.2, 0) is 22.4 Å². The summed E-state index contributed by atoms with van der Waals surface area (Å²) in [5, 5.41) is 11.7. The van der Waals surface area contributed by atoms with E-state index in [0.717, 1.165) is 41.5 Å². The number of thioether (sulfide) groups is 1. The lowest BCUT2D eigenvalue weighted by molar-refractivity contribution is -0.113. The second-order valence-corrected chi connectivity index (χ2v) is 9.86. The highest BCUT2D eigenvalue weighted by molar-refractivity contribution is 7.99. The molecule has 1 N–H and O–H groups in total. The summed E-state index contributed by atoms with van der Waals surface area (Å²) >= 11 is 2.58. The number of fused-ring (bicyclic) bond motifs is 2. The van der Waals surface area contributed by atoms with Crippen molar-refractivity contribution in [2.45, 2.75) is 31.4 Å². The number of nitrogens with one attached hydrogen (secondary N) is 1. The third-order valence-electron chi connectivity index (χ3n) is 5.51. The van der Waals surface area contributed by atoms with E-state index in [0.29, 0.717) is 39.4 Å². The molecule has 172 valence electrons. The molecule has 5 rings (SSSR count). The summed E-state index contributed by atoms with van der Waals surface area (Å²) in [5.41, 5.74) is 2.17. The molecule has 0 bridgehead atoms. The number of esters is 1. The van der Waals surface area contributed by atoms with Crippen LogP contribution in [0.3, 0.4) is 0 Å². The number of carbonyl (C=O) groups excluding carboxylic acids is 2. The first-order valence-electron chi connectivity index (χ1n) is 10.4. The first-order valence-corrected chi connectivity index (χ1v) is 12.2. The standard InChI is InChI=1S/C22H21N3O6S2/c1-11-3-5-13-16(7-11)33-20(18(13)21(27)28-2)23-17(26)9-32-22-25-24-19(31-22)12-4-6-14-15(8-12)30-10-29-14/h4,6,8,11H,3,5,7,9-10H2,1-2H3,(H,23,26)/t11-/m0/s1. The molecular formula is C22H21N3O6S2. The molecule has 2 aliphatic rings. The van der Waals surface area contributed by atoms with Crippen molar-refractivity contribution in [1.82, 2.24) is 10.2 Å². The van der Waals surface area contributed by atoms with Crippen molar-refractivity contribution < 1.29 is 28.2 Å². The highest BCUT2D eigenvalue weighted by Gasteiger charge is 2.29. The van der Waals surface area contributed by atoms with Gasteiger partial charge in [-0.3, -0.25) is 4.79 Å². The summed E-state index contributed by atoms with van der Waals surface area (Å²) in [7, 11) is 1.35. The van der Waals surface area contributed by atoms with Crippen LogP contribution in [0, 0.1) is 5.92 Å². The maximum absolute atomic E-state index is 12.6. The summed E-state index contributed by atoms with van der Waals surface area (Å²) < 4.78 is 21.3. The monoisotopic (exact) mass is 487 g/mol. The molecule has 3 aromatic rings. The van der Waals surface area contributed by atoms with Gasteiger partial charge in [-0.25, -0.2) is 4.79 Å². The van der Waals surface area contributed by atoms with Gasteiger partial charge in [-0.2, -0.15) is 0 Å². The fourth-order valence-electron chi connectivity index (χ4n) is 3.86. The van der Waals surface area contributed by atoms with Crippen LogP contribution in [0.1, 0.15) is 34.1 Å². The van der Waals surface area contributed by atoms with E-state index in [1.54, 1.807) is 18.2 Å². The first-order chi connectivity index (χ1) is 16.0. The number of rotatable bonds is 6. The molecule has 1 aliphatic heterocycles. The maximum atomic E-state index is 12.6. The zero-order chi connectivity index (χ0) is 22.9. The second kappa shape index (κ2) is 9.06. The van der Waals surface area contributed by atoms with Crippen LogP contribution in [0.5, 0.6) is 11.5 Å². The van der Waals surface area contributed by atoms with Crippen molar-refractivity contribution in [3.8, 4) is 23.0 Å². The number of hydrogen-bond donors (Lipinski definition) is 1. The van der Waals surface area contributed by atoms with Gasteiger partial charge in [-0.1, -0.05) is 18.7 Å². The fraction of sp³-hybridized carbons (Fsp3) is 0.364. The summed E-state index contributed by atoms with van der Waals surface area (Å²) in [4.78, 5) is 26.2. The molecule has 9 nitrogen and oxygen atoms in total. The Morgan fingerprint density at radius 3 is 2.97 bits per heavy atom. The van der Waals surface area contributed by atoms with E-state index in [9.17, 15) is 9.59 Å². The minimum Gasteiger partial charge on any atom is -0.465 e. The number of nitrogens with zero attached hydrogens (tertiary/aromatic N) is 2. The topological polar surface area (TPSA) is 113 Å². The third-order valence-corrected chi connectivity index (χ3v) is 7.50. The lowest BCUT2D eigenvalue weighted by atomic mass is 9.88. The Kier molecular flexibility index (Phi) is 5.98. The van der Waals surface area contributed by atoms with E-state index in [1.807, 2.05) is 0 Å². The zero-order valence-electron chi connectivity index (χ0n) is 18.0. The van der Waals surface area contributed by atoms with E-state index in [1.165, 1.54) is 18.4 Å². The molecule has 1 aliphatic carbocycles. The number of benzene rings is 1. The number of ether oxygens (including phenoxy) is 3. The Balaban J connectivity index is 1.25. The van der Waals surface area contributed by atoms with Gasteiger partial charge in [0.2, 0.25) is 18.6 Å². The molecule has 33 heavy (non-hydrogen) atoms. The minimum atomic E-state index is -0.421. The molecule has 0 saturated carbocycles. The molecule has 1 atom stereocenters. The van der Waals surface area contributed by atoms with Crippen LogP contribution < -0.4 is 14.8 Å². The molecule has 1 amide bonds. The average Bonchev–Trinajstić information content (AvgIpc) is 3.54. The molecule has 1 aromatic carbocycles. The lowest BCUT2D eigenvalue weighted by Crippen LogP contribution is -2.17. The lowest BCUT2D eigenvalue weighted by Gasteiger charge is -2.18. The molecule has 0 fully saturated rings. The maximum Gasteiger partial charge on any atom is 0.341 e. The SMILES string of the molecule is COC(=O)c1c(NC(=O)CSc2nnc(-c3ccc4c(c3)OCO4)o2)sc2c1CC[C@H](C)C2. The van der Waals surface area contributed by atoms with Crippen LogP contribution in [0.15, 0.2) is 27.8 Å².